The summed E-state index contributed by atoms with van der Waals surface area (Å²) in [5, 5.41) is 0. The molecule has 0 heterocycles. The molecule has 1 aliphatic rings. The van der Waals surface area contributed by atoms with Gasteiger partial charge in [0.2, 0.25) is 0 Å². The van der Waals surface area contributed by atoms with Gasteiger partial charge in [0.15, 0.2) is 5.78 Å². The van der Waals surface area contributed by atoms with Gasteiger partial charge >= 0.3 is 0 Å². The fourth-order valence-electron chi connectivity index (χ4n) is 2.60. The molecule has 1 atom stereocenters. The van der Waals surface area contributed by atoms with Crippen LogP contribution in [0.25, 0.3) is 0 Å². The lowest BCUT2D eigenvalue weighted by Crippen LogP contribution is -2.27. The molecule has 1 aliphatic carbocycles. The van der Waals surface area contributed by atoms with Crippen LogP contribution in [0.1, 0.15) is 53.4 Å². The summed E-state index contributed by atoms with van der Waals surface area (Å²) in [7, 11) is 0. The van der Waals surface area contributed by atoms with E-state index in [1.807, 2.05) is 13.0 Å². The maximum absolute atomic E-state index is 12.0. The van der Waals surface area contributed by atoms with Gasteiger partial charge in [0.1, 0.15) is 0 Å². The Hall–Kier alpha value is -0.850. The Balaban J connectivity index is 3.12. The minimum absolute atomic E-state index is 0.110. The Labute approximate surface area is 93.3 Å². The Morgan fingerprint density at radius 1 is 1.53 bits per heavy atom. The molecular formula is C14H22O. The van der Waals surface area contributed by atoms with Crippen LogP contribution in [0.2, 0.25) is 0 Å². The standard InChI is InChI=1S/C14H22O/c1-5-8-12(15)13-11(3)9-7-10-14(13,4)6-2/h5,8H,6-7,9-10H2,1-4H3. The molecule has 1 heteroatoms. The van der Waals surface area contributed by atoms with Crippen LogP contribution in [0, 0.1) is 5.41 Å². The van der Waals surface area contributed by atoms with E-state index in [0.29, 0.717) is 0 Å². The third kappa shape index (κ3) is 2.39. The SMILES string of the molecule is CC=CC(=O)C1=C(C)CCCC1(C)CC. The Bertz CT molecular complexity index is 309. The number of hydrogen-bond acceptors (Lipinski definition) is 1. The number of carbonyl (C=O) groups is 1. The molecule has 0 fully saturated rings. The summed E-state index contributed by atoms with van der Waals surface area (Å²) in [4.78, 5) is 12.0. The molecule has 1 unspecified atom stereocenters. The molecule has 0 aromatic heterocycles. The average molecular weight is 206 g/mol. The van der Waals surface area contributed by atoms with E-state index >= 15 is 0 Å². The highest BCUT2D eigenvalue weighted by Gasteiger charge is 2.34. The summed E-state index contributed by atoms with van der Waals surface area (Å²) in [6.07, 6.45) is 8.07. The predicted molar refractivity (Wildman–Crippen MR) is 64.8 cm³/mol. The van der Waals surface area contributed by atoms with E-state index in [1.165, 1.54) is 12.0 Å². The molecule has 1 rings (SSSR count). The summed E-state index contributed by atoms with van der Waals surface area (Å²) in [6.45, 7) is 8.43. The van der Waals surface area contributed by atoms with Crippen LogP contribution >= 0.6 is 0 Å². The minimum atomic E-state index is 0.110. The molecule has 0 aromatic rings. The largest absolute Gasteiger partial charge is 0.290 e. The Morgan fingerprint density at radius 3 is 2.73 bits per heavy atom. The van der Waals surface area contributed by atoms with Crippen molar-refractivity contribution < 1.29 is 4.79 Å². The molecule has 84 valence electrons. The van der Waals surface area contributed by atoms with Crippen LogP contribution in [0.4, 0.5) is 0 Å². The third-order valence-corrected chi connectivity index (χ3v) is 3.66. The summed E-state index contributed by atoms with van der Waals surface area (Å²) in [5.74, 6) is 0.221. The molecule has 0 N–H and O–H groups in total. The van der Waals surface area contributed by atoms with E-state index < -0.39 is 0 Å². The van der Waals surface area contributed by atoms with Gasteiger partial charge in [0.05, 0.1) is 0 Å². The minimum Gasteiger partial charge on any atom is -0.290 e. The van der Waals surface area contributed by atoms with E-state index in [-0.39, 0.29) is 11.2 Å². The number of hydrogen-bond donors (Lipinski definition) is 0. The van der Waals surface area contributed by atoms with Gasteiger partial charge in [-0.3, -0.25) is 4.79 Å². The molecule has 0 aliphatic heterocycles. The quantitative estimate of drug-likeness (QED) is 0.637. The molecule has 0 radical (unpaired) electrons. The fraction of sp³-hybridized carbons (Fsp3) is 0.643. The Morgan fingerprint density at radius 2 is 2.20 bits per heavy atom. The lowest BCUT2D eigenvalue weighted by atomic mass is 9.68. The van der Waals surface area contributed by atoms with E-state index in [2.05, 4.69) is 20.8 Å². The number of rotatable bonds is 3. The fourth-order valence-corrected chi connectivity index (χ4v) is 2.60. The monoisotopic (exact) mass is 206 g/mol. The molecular weight excluding hydrogens is 184 g/mol. The van der Waals surface area contributed by atoms with Crippen molar-refractivity contribution in [3.63, 3.8) is 0 Å². The van der Waals surface area contributed by atoms with Gasteiger partial charge in [0, 0.05) is 5.57 Å². The first-order chi connectivity index (χ1) is 7.05. The summed E-state index contributed by atoms with van der Waals surface area (Å²) in [5.41, 5.74) is 2.49. The van der Waals surface area contributed by atoms with Crippen LogP contribution in [0.3, 0.4) is 0 Å². The molecule has 0 saturated carbocycles. The molecule has 0 bridgehead atoms. The molecule has 0 aromatic carbocycles. The highest BCUT2D eigenvalue weighted by Crippen LogP contribution is 2.43. The maximum atomic E-state index is 12.0. The predicted octanol–water partition coefficient (Wildman–Crippen LogP) is 4.05. The van der Waals surface area contributed by atoms with E-state index in [9.17, 15) is 4.79 Å². The highest BCUT2D eigenvalue weighted by molar-refractivity contribution is 6.05. The third-order valence-electron chi connectivity index (χ3n) is 3.66. The van der Waals surface area contributed by atoms with Crippen molar-refractivity contribution in [1.82, 2.24) is 0 Å². The van der Waals surface area contributed by atoms with Crippen molar-refractivity contribution in [2.24, 2.45) is 5.41 Å². The first kappa shape index (κ1) is 12.2. The molecule has 0 spiro atoms. The van der Waals surface area contributed by atoms with Gasteiger partial charge in [-0.25, -0.2) is 0 Å². The van der Waals surface area contributed by atoms with Crippen LogP contribution in [0.15, 0.2) is 23.3 Å². The lowest BCUT2D eigenvalue weighted by molar-refractivity contribution is -0.112. The summed E-state index contributed by atoms with van der Waals surface area (Å²) >= 11 is 0. The van der Waals surface area contributed by atoms with Crippen molar-refractivity contribution in [2.45, 2.75) is 53.4 Å². The zero-order valence-corrected chi connectivity index (χ0v) is 10.4. The van der Waals surface area contributed by atoms with Crippen LogP contribution in [0.5, 0.6) is 0 Å². The van der Waals surface area contributed by atoms with Gasteiger partial charge in [-0.15, -0.1) is 0 Å². The van der Waals surface area contributed by atoms with Gasteiger partial charge in [-0.1, -0.05) is 25.5 Å². The topological polar surface area (TPSA) is 17.1 Å². The number of carbonyl (C=O) groups excluding carboxylic acids is 1. The maximum Gasteiger partial charge on any atom is 0.181 e. The van der Waals surface area contributed by atoms with Crippen LogP contribution in [-0.4, -0.2) is 5.78 Å². The first-order valence-electron chi connectivity index (χ1n) is 5.92. The van der Waals surface area contributed by atoms with Crippen molar-refractivity contribution in [3.8, 4) is 0 Å². The number of ketones is 1. The molecule has 0 amide bonds. The van der Waals surface area contributed by atoms with Crippen molar-refractivity contribution in [3.05, 3.63) is 23.3 Å². The summed E-state index contributed by atoms with van der Waals surface area (Å²) in [6, 6.07) is 0. The molecule has 1 nitrogen and oxygen atoms in total. The lowest BCUT2D eigenvalue weighted by Gasteiger charge is -2.35. The first-order valence-corrected chi connectivity index (χ1v) is 5.92. The van der Waals surface area contributed by atoms with E-state index in [0.717, 1.165) is 24.8 Å². The zero-order valence-electron chi connectivity index (χ0n) is 10.4. The van der Waals surface area contributed by atoms with Crippen LogP contribution in [-0.2, 0) is 4.79 Å². The highest BCUT2D eigenvalue weighted by atomic mass is 16.1. The normalized spacial score (nSPS) is 27.5. The van der Waals surface area contributed by atoms with Crippen LogP contribution < -0.4 is 0 Å². The van der Waals surface area contributed by atoms with Crippen molar-refractivity contribution >= 4 is 5.78 Å². The summed E-state index contributed by atoms with van der Waals surface area (Å²) < 4.78 is 0. The van der Waals surface area contributed by atoms with Gasteiger partial charge in [0.25, 0.3) is 0 Å². The molecule has 0 saturated heterocycles. The second-order valence-electron chi connectivity index (χ2n) is 4.79. The van der Waals surface area contributed by atoms with E-state index in [4.69, 9.17) is 0 Å². The van der Waals surface area contributed by atoms with Crippen molar-refractivity contribution in [2.75, 3.05) is 0 Å². The second kappa shape index (κ2) is 4.78. The van der Waals surface area contributed by atoms with Gasteiger partial charge in [-0.2, -0.15) is 0 Å². The smallest absolute Gasteiger partial charge is 0.181 e. The molecule has 15 heavy (non-hydrogen) atoms. The van der Waals surface area contributed by atoms with Crippen molar-refractivity contribution in [1.29, 1.82) is 0 Å². The number of allylic oxidation sites excluding steroid dienone is 4. The van der Waals surface area contributed by atoms with Gasteiger partial charge < -0.3 is 0 Å². The van der Waals surface area contributed by atoms with E-state index in [1.54, 1.807) is 6.08 Å². The second-order valence-corrected chi connectivity index (χ2v) is 4.79. The average Bonchev–Trinajstić information content (AvgIpc) is 2.18. The van der Waals surface area contributed by atoms with Gasteiger partial charge in [-0.05, 0) is 51.0 Å². The zero-order chi connectivity index (χ0) is 11.5. The Kier molecular flexibility index (Phi) is 3.90.